The molecule has 0 N–H and O–H groups in total. The van der Waals surface area contributed by atoms with Crippen LogP contribution in [-0.4, -0.2) is 17.0 Å². The highest BCUT2D eigenvalue weighted by molar-refractivity contribution is 6.06. The van der Waals surface area contributed by atoms with E-state index in [0.717, 1.165) is 29.7 Å². The Balaban J connectivity index is 1.66. The van der Waals surface area contributed by atoms with Crippen molar-refractivity contribution in [3.8, 4) is 0 Å². The van der Waals surface area contributed by atoms with Gasteiger partial charge >= 0.3 is 0 Å². The molecule has 0 saturated carbocycles. The first-order valence-electron chi connectivity index (χ1n) is 9.28. The van der Waals surface area contributed by atoms with Gasteiger partial charge in [-0.1, -0.05) is 48.0 Å². The predicted molar refractivity (Wildman–Crippen MR) is 107 cm³/mol. The largest absolute Gasteiger partial charge is 0.310 e. The maximum atomic E-state index is 13.1. The molecule has 4 heteroatoms. The summed E-state index contributed by atoms with van der Waals surface area (Å²) in [5.41, 5.74) is 4.27. The zero-order valence-electron chi connectivity index (χ0n) is 15.4. The number of para-hydroxylation sites is 1. The average molecular weight is 358 g/mol. The fraction of sp³-hybridized carbons (Fsp3) is 0.217. The summed E-state index contributed by atoms with van der Waals surface area (Å²) < 4.78 is 1.60. The Morgan fingerprint density at radius 1 is 1.00 bits per heavy atom. The van der Waals surface area contributed by atoms with Gasteiger partial charge in [-0.15, -0.1) is 0 Å². The van der Waals surface area contributed by atoms with E-state index in [4.69, 9.17) is 0 Å². The van der Waals surface area contributed by atoms with Gasteiger partial charge in [-0.25, -0.2) is 0 Å². The average Bonchev–Trinajstić information content (AvgIpc) is 2.70. The maximum Gasteiger partial charge on any atom is 0.263 e. The van der Waals surface area contributed by atoms with Crippen LogP contribution < -0.4 is 10.5 Å². The van der Waals surface area contributed by atoms with Crippen molar-refractivity contribution in [2.75, 3.05) is 11.4 Å². The molecule has 0 atom stereocenters. The molecule has 1 aromatic heterocycles. The Morgan fingerprint density at radius 3 is 2.59 bits per heavy atom. The van der Waals surface area contributed by atoms with E-state index in [0.29, 0.717) is 13.1 Å². The molecule has 27 heavy (non-hydrogen) atoms. The van der Waals surface area contributed by atoms with Crippen molar-refractivity contribution in [3.05, 3.63) is 99.5 Å². The minimum absolute atomic E-state index is 0.217. The van der Waals surface area contributed by atoms with Crippen molar-refractivity contribution < 1.29 is 4.79 Å². The number of hydrogen-bond acceptors (Lipinski definition) is 2. The normalized spacial score (nSPS) is 13.3. The lowest BCUT2D eigenvalue weighted by molar-refractivity contribution is 0.0983. The molecule has 0 radical (unpaired) electrons. The number of aromatic nitrogens is 1. The van der Waals surface area contributed by atoms with Crippen molar-refractivity contribution in [2.45, 2.75) is 26.3 Å². The third kappa shape index (κ3) is 3.43. The highest BCUT2D eigenvalue weighted by atomic mass is 16.2. The highest BCUT2D eigenvalue weighted by Crippen LogP contribution is 2.27. The van der Waals surface area contributed by atoms with E-state index in [1.54, 1.807) is 27.8 Å². The summed E-state index contributed by atoms with van der Waals surface area (Å²) in [6, 6.07) is 19.4. The van der Waals surface area contributed by atoms with E-state index < -0.39 is 0 Å². The molecule has 1 aliphatic heterocycles. The molecule has 0 fully saturated rings. The van der Waals surface area contributed by atoms with Crippen molar-refractivity contribution in [3.63, 3.8) is 0 Å². The summed E-state index contributed by atoms with van der Waals surface area (Å²) in [5.74, 6) is -0.217. The van der Waals surface area contributed by atoms with Crippen LogP contribution in [0.4, 0.5) is 5.69 Å². The van der Waals surface area contributed by atoms with Crippen molar-refractivity contribution in [1.29, 1.82) is 0 Å². The van der Waals surface area contributed by atoms with Crippen molar-refractivity contribution in [2.24, 2.45) is 0 Å². The van der Waals surface area contributed by atoms with E-state index in [2.05, 4.69) is 6.07 Å². The molecular weight excluding hydrogens is 336 g/mol. The Kier molecular flexibility index (Phi) is 4.63. The van der Waals surface area contributed by atoms with E-state index in [9.17, 15) is 9.59 Å². The number of rotatable bonds is 3. The first-order chi connectivity index (χ1) is 13.1. The number of amides is 1. The molecule has 0 spiro atoms. The fourth-order valence-corrected chi connectivity index (χ4v) is 3.60. The van der Waals surface area contributed by atoms with Gasteiger partial charge in [0.05, 0.1) is 6.54 Å². The summed E-state index contributed by atoms with van der Waals surface area (Å²) in [7, 11) is 0. The number of anilines is 1. The number of nitrogens with zero attached hydrogens (tertiary/aromatic N) is 2. The zero-order chi connectivity index (χ0) is 18.8. The topological polar surface area (TPSA) is 42.3 Å². The van der Waals surface area contributed by atoms with Gasteiger partial charge in [-0.3, -0.25) is 9.59 Å². The zero-order valence-corrected chi connectivity index (χ0v) is 15.4. The smallest absolute Gasteiger partial charge is 0.263 e. The molecule has 0 bridgehead atoms. The minimum Gasteiger partial charge on any atom is -0.310 e. The number of pyridine rings is 1. The molecule has 3 aromatic rings. The molecule has 4 rings (SSSR count). The molecule has 2 aromatic carbocycles. The maximum absolute atomic E-state index is 13.1. The van der Waals surface area contributed by atoms with E-state index in [1.165, 1.54) is 5.56 Å². The number of aryl methyl sites for hydroxylation is 2. The van der Waals surface area contributed by atoms with Gasteiger partial charge in [0, 0.05) is 18.4 Å². The monoisotopic (exact) mass is 358 g/mol. The van der Waals surface area contributed by atoms with Crippen LogP contribution in [0.15, 0.2) is 71.7 Å². The van der Waals surface area contributed by atoms with Crippen LogP contribution in [-0.2, 0) is 13.0 Å². The molecule has 0 unspecified atom stereocenters. The van der Waals surface area contributed by atoms with Gasteiger partial charge in [0.1, 0.15) is 5.56 Å². The first-order valence-corrected chi connectivity index (χ1v) is 9.28. The molecular formula is C23H22N2O2. The Labute approximate surface area is 158 Å². The van der Waals surface area contributed by atoms with E-state index >= 15 is 0 Å². The molecule has 0 aliphatic carbocycles. The van der Waals surface area contributed by atoms with Crippen LogP contribution in [0.1, 0.15) is 33.5 Å². The van der Waals surface area contributed by atoms with Crippen LogP contribution in [0, 0.1) is 6.92 Å². The summed E-state index contributed by atoms with van der Waals surface area (Å²) in [6.07, 6.45) is 3.61. The number of fused-ring (bicyclic) bond motifs is 1. The van der Waals surface area contributed by atoms with Crippen LogP contribution in [0.3, 0.4) is 0 Å². The van der Waals surface area contributed by atoms with Gasteiger partial charge in [0.15, 0.2) is 0 Å². The predicted octanol–water partition coefficient (Wildman–Crippen LogP) is 3.80. The summed E-state index contributed by atoms with van der Waals surface area (Å²) >= 11 is 0. The molecule has 1 amide bonds. The molecule has 0 saturated heterocycles. The lowest BCUT2D eigenvalue weighted by Crippen LogP contribution is -2.39. The minimum atomic E-state index is -0.244. The third-order valence-corrected chi connectivity index (χ3v) is 5.08. The molecule has 4 nitrogen and oxygen atoms in total. The number of benzene rings is 2. The fourth-order valence-electron chi connectivity index (χ4n) is 3.60. The summed E-state index contributed by atoms with van der Waals surface area (Å²) in [5, 5.41) is 0. The summed E-state index contributed by atoms with van der Waals surface area (Å²) in [6.45, 7) is 3.13. The quantitative estimate of drug-likeness (QED) is 0.715. The van der Waals surface area contributed by atoms with Crippen LogP contribution in [0.25, 0.3) is 0 Å². The third-order valence-electron chi connectivity index (χ3n) is 5.08. The molecule has 1 aliphatic rings. The Bertz CT molecular complexity index is 1030. The molecule has 136 valence electrons. The first kappa shape index (κ1) is 17.3. The van der Waals surface area contributed by atoms with Gasteiger partial charge in [0.2, 0.25) is 0 Å². The number of carbonyl (C=O) groups excluding carboxylic acids is 1. The van der Waals surface area contributed by atoms with Gasteiger partial charge in [0.25, 0.3) is 11.5 Å². The van der Waals surface area contributed by atoms with Crippen molar-refractivity contribution in [1.82, 2.24) is 4.57 Å². The Hall–Kier alpha value is -3.14. The van der Waals surface area contributed by atoms with Crippen LogP contribution in [0.2, 0.25) is 0 Å². The second-order valence-corrected chi connectivity index (χ2v) is 7.03. The van der Waals surface area contributed by atoms with E-state index in [1.807, 2.05) is 49.4 Å². The summed E-state index contributed by atoms with van der Waals surface area (Å²) in [4.78, 5) is 27.8. The second kappa shape index (κ2) is 7.23. The van der Waals surface area contributed by atoms with Gasteiger partial charge < -0.3 is 9.47 Å². The molecule has 2 heterocycles. The van der Waals surface area contributed by atoms with Gasteiger partial charge in [-0.2, -0.15) is 0 Å². The van der Waals surface area contributed by atoms with Crippen LogP contribution >= 0.6 is 0 Å². The second-order valence-electron chi connectivity index (χ2n) is 7.03. The number of hydrogen-bond donors (Lipinski definition) is 0. The van der Waals surface area contributed by atoms with Gasteiger partial charge in [-0.05, 0) is 49.1 Å². The SMILES string of the molecule is Cc1ccc(Cn2cccc(C(=O)N3CCCc4ccccc43)c2=O)cc1. The lowest BCUT2D eigenvalue weighted by atomic mass is 10.0. The standard InChI is InChI=1S/C23H22N2O2/c1-17-10-12-18(13-11-17)16-24-14-5-8-20(22(24)26)23(27)25-15-4-7-19-6-2-3-9-21(19)25/h2-3,5-6,8-14H,4,7,15-16H2,1H3. The lowest BCUT2D eigenvalue weighted by Gasteiger charge is -2.29. The highest BCUT2D eigenvalue weighted by Gasteiger charge is 2.25. The van der Waals surface area contributed by atoms with E-state index in [-0.39, 0.29) is 17.0 Å². The Morgan fingerprint density at radius 2 is 1.78 bits per heavy atom. The van der Waals surface area contributed by atoms with Crippen LogP contribution in [0.5, 0.6) is 0 Å². The van der Waals surface area contributed by atoms with Crippen molar-refractivity contribution >= 4 is 11.6 Å². The number of carbonyl (C=O) groups is 1.